The molecule has 6 nitrogen and oxygen atoms in total. The molecule has 0 radical (unpaired) electrons. The van der Waals surface area contributed by atoms with Crippen LogP contribution < -0.4 is 10.6 Å². The molecule has 0 spiro atoms. The van der Waals surface area contributed by atoms with E-state index in [1.807, 2.05) is 36.5 Å². The maximum Gasteiger partial charge on any atom is 0.251 e. The van der Waals surface area contributed by atoms with Gasteiger partial charge in [-0.05, 0) is 42.5 Å². The molecule has 3 rings (SSSR count). The third-order valence-corrected chi connectivity index (χ3v) is 3.69. The first-order valence-corrected chi connectivity index (χ1v) is 8.07. The molecule has 0 aliphatic heterocycles. The van der Waals surface area contributed by atoms with Gasteiger partial charge in [0.25, 0.3) is 5.91 Å². The number of benzene rings is 2. The molecule has 1 aromatic heterocycles. The molecule has 26 heavy (non-hydrogen) atoms. The summed E-state index contributed by atoms with van der Waals surface area (Å²) in [4.78, 5) is 23.5. The van der Waals surface area contributed by atoms with E-state index in [9.17, 15) is 9.59 Å². The van der Waals surface area contributed by atoms with Crippen molar-refractivity contribution in [3.05, 3.63) is 84.2 Å². The molecule has 1 heterocycles. The molecule has 130 valence electrons. The standard InChI is InChI=1S/C20H18N4O2/c1-21-20(26)16-8-10-17(11-9-16)23-19(25)12-7-15-13-22-24(14-15)18-5-3-2-4-6-18/h2-14H,1H3,(H,21,26)(H,23,25)/b12-7+. The highest BCUT2D eigenvalue weighted by Crippen LogP contribution is 2.11. The van der Waals surface area contributed by atoms with E-state index in [0.717, 1.165) is 11.3 Å². The van der Waals surface area contributed by atoms with Gasteiger partial charge in [0, 0.05) is 36.1 Å². The van der Waals surface area contributed by atoms with Crippen molar-refractivity contribution in [3.8, 4) is 5.69 Å². The Hall–Kier alpha value is -3.67. The SMILES string of the molecule is CNC(=O)c1ccc(NC(=O)/C=C/c2cnn(-c3ccccc3)c2)cc1. The second-order valence-electron chi connectivity index (χ2n) is 5.53. The zero-order chi connectivity index (χ0) is 18.4. The summed E-state index contributed by atoms with van der Waals surface area (Å²) in [7, 11) is 1.57. The average Bonchev–Trinajstić information content (AvgIpc) is 3.16. The average molecular weight is 346 g/mol. The number of aromatic nitrogens is 2. The maximum atomic E-state index is 12.0. The number of carbonyl (C=O) groups is 2. The molecule has 2 N–H and O–H groups in total. The van der Waals surface area contributed by atoms with Crippen molar-refractivity contribution in [2.75, 3.05) is 12.4 Å². The predicted octanol–water partition coefficient (Wildman–Crippen LogP) is 2.88. The van der Waals surface area contributed by atoms with Crippen LogP contribution in [0.5, 0.6) is 0 Å². The van der Waals surface area contributed by atoms with Crippen LogP contribution in [-0.2, 0) is 4.79 Å². The van der Waals surface area contributed by atoms with E-state index in [4.69, 9.17) is 0 Å². The Morgan fingerprint density at radius 2 is 1.77 bits per heavy atom. The van der Waals surface area contributed by atoms with Crippen LogP contribution in [0.2, 0.25) is 0 Å². The van der Waals surface area contributed by atoms with Crippen LogP contribution in [0.4, 0.5) is 5.69 Å². The van der Waals surface area contributed by atoms with Crippen LogP contribution in [0.3, 0.4) is 0 Å². The summed E-state index contributed by atoms with van der Waals surface area (Å²) in [6.45, 7) is 0. The quantitative estimate of drug-likeness (QED) is 0.698. The largest absolute Gasteiger partial charge is 0.355 e. The van der Waals surface area contributed by atoms with E-state index in [2.05, 4.69) is 15.7 Å². The van der Waals surface area contributed by atoms with Gasteiger partial charge in [0.15, 0.2) is 0 Å². The zero-order valence-corrected chi connectivity index (χ0v) is 14.2. The second-order valence-corrected chi connectivity index (χ2v) is 5.53. The lowest BCUT2D eigenvalue weighted by atomic mass is 10.2. The number of nitrogens with one attached hydrogen (secondary N) is 2. The predicted molar refractivity (Wildman–Crippen MR) is 101 cm³/mol. The van der Waals surface area contributed by atoms with Crippen LogP contribution in [0.1, 0.15) is 15.9 Å². The number of nitrogens with zero attached hydrogens (tertiary/aromatic N) is 2. The van der Waals surface area contributed by atoms with E-state index >= 15 is 0 Å². The minimum Gasteiger partial charge on any atom is -0.355 e. The summed E-state index contributed by atoms with van der Waals surface area (Å²) in [5.41, 5.74) is 2.92. The third kappa shape index (κ3) is 4.24. The van der Waals surface area contributed by atoms with Gasteiger partial charge in [0.2, 0.25) is 5.91 Å². The number of hydrogen-bond donors (Lipinski definition) is 2. The topological polar surface area (TPSA) is 76.0 Å². The molecule has 6 heteroatoms. The van der Waals surface area contributed by atoms with Crippen LogP contribution in [-0.4, -0.2) is 28.6 Å². The van der Waals surface area contributed by atoms with Crippen molar-refractivity contribution >= 4 is 23.6 Å². The Labute approximate surface area is 151 Å². The molecule has 0 fully saturated rings. The normalized spacial score (nSPS) is 10.7. The number of hydrogen-bond acceptors (Lipinski definition) is 3. The molecular weight excluding hydrogens is 328 g/mol. The second kappa shape index (κ2) is 7.94. The fourth-order valence-corrected chi connectivity index (χ4v) is 2.35. The summed E-state index contributed by atoms with van der Waals surface area (Å²) < 4.78 is 1.75. The lowest BCUT2D eigenvalue weighted by molar-refractivity contribution is -0.111. The first kappa shape index (κ1) is 17.2. The van der Waals surface area contributed by atoms with Crippen molar-refractivity contribution in [2.45, 2.75) is 0 Å². The van der Waals surface area contributed by atoms with Crippen LogP contribution in [0, 0.1) is 0 Å². The minimum absolute atomic E-state index is 0.168. The maximum absolute atomic E-state index is 12.0. The fourth-order valence-electron chi connectivity index (χ4n) is 2.35. The van der Waals surface area contributed by atoms with Crippen molar-refractivity contribution in [3.63, 3.8) is 0 Å². The van der Waals surface area contributed by atoms with E-state index in [1.54, 1.807) is 48.3 Å². The monoisotopic (exact) mass is 346 g/mol. The molecule has 0 aliphatic rings. The summed E-state index contributed by atoms with van der Waals surface area (Å²) in [5, 5.41) is 9.58. The molecule has 0 saturated heterocycles. The van der Waals surface area contributed by atoms with Crippen LogP contribution >= 0.6 is 0 Å². The fraction of sp³-hybridized carbons (Fsp3) is 0.0500. The van der Waals surface area contributed by atoms with Gasteiger partial charge in [-0.25, -0.2) is 4.68 Å². The van der Waals surface area contributed by atoms with Crippen molar-refractivity contribution in [1.29, 1.82) is 0 Å². The molecule has 0 aliphatic carbocycles. The van der Waals surface area contributed by atoms with Crippen molar-refractivity contribution in [1.82, 2.24) is 15.1 Å². The van der Waals surface area contributed by atoms with Crippen LogP contribution in [0.25, 0.3) is 11.8 Å². The molecule has 2 amide bonds. The molecule has 0 saturated carbocycles. The number of amides is 2. The summed E-state index contributed by atoms with van der Waals surface area (Å²) in [6.07, 6.45) is 6.67. The van der Waals surface area contributed by atoms with Gasteiger partial charge >= 0.3 is 0 Å². The van der Waals surface area contributed by atoms with Gasteiger partial charge in [-0.2, -0.15) is 5.10 Å². The Morgan fingerprint density at radius 3 is 2.46 bits per heavy atom. The highest BCUT2D eigenvalue weighted by atomic mass is 16.2. The van der Waals surface area contributed by atoms with Crippen LogP contribution in [0.15, 0.2) is 73.1 Å². The highest BCUT2D eigenvalue weighted by molar-refractivity contribution is 6.02. The summed E-state index contributed by atoms with van der Waals surface area (Å²) in [5.74, 6) is -0.427. The Morgan fingerprint density at radius 1 is 1.04 bits per heavy atom. The molecule has 3 aromatic rings. The van der Waals surface area contributed by atoms with Crippen molar-refractivity contribution in [2.24, 2.45) is 0 Å². The number of anilines is 1. The minimum atomic E-state index is -0.259. The molecule has 0 atom stereocenters. The van der Waals surface area contributed by atoms with Gasteiger partial charge in [0.05, 0.1) is 11.9 Å². The van der Waals surface area contributed by atoms with Gasteiger partial charge < -0.3 is 10.6 Å². The molecule has 0 bridgehead atoms. The first-order valence-electron chi connectivity index (χ1n) is 8.07. The molecule has 0 unspecified atom stereocenters. The van der Waals surface area contributed by atoms with Gasteiger partial charge in [0.1, 0.15) is 0 Å². The summed E-state index contributed by atoms with van der Waals surface area (Å²) in [6, 6.07) is 16.4. The van der Waals surface area contributed by atoms with Gasteiger partial charge in [-0.3, -0.25) is 9.59 Å². The van der Waals surface area contributed by atoms with E-state index in [-0.39, 0.29) is 11.8 Å². The number of rotatable bonds is 5. The lowest BCUT2D eigenvalue weighted by Gasteiger charge is -2.03. The number of para-hydroxylation sites is 1. The Balaban J connectivity index is 1.61. The van der Waals surface area contributed by atoms with Gasteiger partial charge in [-0.1, -0.05) is 18.2 Å². The smallest absolute Gasteiger partial charge is 0.251 e. The van der Waals surface area contributed by atoms with E-state index in [1.165, 1.54) is 6.08 Å². The summed E-state index contributed by atoms with van der Waals surface area (Å²) >= 11 is 0. The molecular formula is C20H18N4O2. The Bertz CT molecular complexity index is 928. The van der Waals surface area contributed by atoms with E-state index in [0.29, 0.717) is 11.3 Å². The molecule has 2 aromatic carbocycles. The third-order valence-electron chi connectivity index (χ3n) is 3.69. The number of carbonyl (C=O) groups excluding carboxylic acids is 2. The first-order chi connectivity index (χ1) is 12.7. The lowest BCUT2D eigenvalue weighted by Crippen LogP contribution is -2.17. The zero-order valence-electron chi connectivity index (χ0n) is 14.2. The highest BCUT2D eigenvalue weighted by Gasteiger charge is 2.04. The van der Waals surface area contributed by atoms with Crippen molar-refractivity contribution < 1.29 is 9.59 Å². The Kier molecular flexibility index (Phi) is 5.24. The van der Waals surface area contributed by atoms with Gasteiger partial charge in [-0.15, -0.1) is 0 Å². The van der Waals surface area contributed by atoms with E-state index < -0.39 is 0 Å².